The van der Waals surface area contributed by atoms with Crippen LogP contribution in [-0.2, 0) is 25.7 Å². The van der Waals surface area contributed by atoms with E-state index in [9.17, 15) is 14.4 Å². The summed E-state index contributed by atoms with van der Waals surface area (Å²) in [5.74, 6) is -1.06. The molecule has 1 aliphatic heterocycles. The highest BCUT2D eigenvalue weighted by molar-refractivity contribution is 6.01. The van der Waals surface area contributed by atoms with Crippen molar-refractivity contribution >= 4 is 18.0 Å². The third kappa shape index (κ3) is 3.05. The minimum absolute atomic E-state index is 0.0872. The predicted molar refractivity (Wildman–Crippen MR) is 67.5 cm³/mol. The number of benzene rings is 1. The summed E-state index contributed by atoms with van der Waals surface area (Å²) in [7, 11) is 1.21. The molecule has 1 fully saturated rings. The van der Waals surface area contributed by atoms with E-state index < -0.39 is 30.1 Å². The fraction of sp³-hybridized carbons (Fsp3) is 0.308. The Kier molecular flexibility index (Phi) is 4.19. The van der Waals surface area contributed by atoms with Crippen molar-refractivity contribution in [3.63, 3.8) is 0 Å². The van der Waals surface area contributed by atoms with Crippen LogP contribution in [0.2, 0.25) is 0 Å². The van der Waals surface area contributed by atoms with E-state index in [-0.39, 0.29) is 6.61 Å². The SMILES string of the molecule is COC(=O)[C@@H]1NC(=O)[C@H]1NC(=O)OCc1ccccc1. The zero-order valence-corrected chi connectivity index (χ0v) is 10.8. The maximum atomic E-state index is 11.6. The van der Waals surface area contributed by atoms with Crippen LogP contribution in [0.5, 0.6) is 0 Å². The molecule has 2 rings (SSSR count). The largest absolute Gasteiger partial charge is 0.467 e. The minimum atomic E-state index is -0.953. The van der Waals surface area contributed by atoms with E-state index in [1.165, 1.54) is 7.11 Å². The lowest BCUT2D eigenvalue weighted by Gasteiger charge is -2.34. The normalized spacial score (nSPS) is 20.4. The van der Waals surface area contributed by atoms with E-state index in [0.717, 1.165) is 5.56 Å². The first kappa shape index (κ1) is 13.9. The monoisotopic (exact) mass is 278 g/mol. The molecule has 1 aliphatic rings. The van der Waals surface area contributed by atoms with Gasteiger partial charge in [-0.3, -0.25) is 4.79 Å². The quantitative estimate of drug-likeness (QED) is 0.595. The highest BCUT2D eigenvalue weighted by Crippen LogP contribution is 2.09. The van der Waals surface area contributed by atoms with Gasteiger partial charge in [-0.15, -0.1) is 0 Å². The van der Waals surface area contributed by atoms with Crippen molar-refractivity contribution in [1.29, 1.82) is 0 Å². The van der Waals surface area contributed by atoms with E-state index in [2.05, 4.69) is 15.4 Å². The number of ether oxygens (including phenoxy) is 2. The average molecular weight is 278 g/mol. The molecule has 0 bridgehead atoms. The number of carbonyl (C=O) groups is 3. The van der Waals surface area contributed by atoms with Crippen LogP contribution in [0.3, 0.4) is 0 Å². The van der Waals surface area contributed by atoms with Crippen molar-refractivity contribution in [2.45, 2.75) is 18.7 Å². The number of amides is 2. The summed E-state index contributed by atoms with van der Waals surface area (Å²) in [6, 6.07) is 7.29. The second-order valence-electron chi connectivity index (χ2n) is 4.19. The number of alkyl carbamates (subject to hydrolysis) is 1. The molecule has 1 heterocycles. The van der Waals surface area contributed by atoms with Crippen LogP contribution in [0.4, 0.5) is 4.79 Å². The van der Waals surface area contributed by atoms with Crippen LogP contribution >= 0.6 is 0 Å². The summed E-state index contributed by atoms with van der Waals surface area (Å²) in [4.78, 5) is 34.1. The number of hydrogen-bond acceptors (Lipinski definition) is 5. The predicted octanol–water partition coefficient (Wildman–Crippen LogP) is -0.0472. The standard InChI is InChI=1S/C13H14N2O5/c1-19-12(17)10-9(11(16)14-10)15-13(18)20-7-8-5-3-2-4-6-8/h2-6,9-10H,7H2,1H3,(H,14,16)(H,15,18)/t9-,10+/m0/s1. The Labute approximate surface area is 115 Å². The van der Waals surface area contributed by atoms with Crippen LogP contribution in [0.1, 0.15) is 5.56 Å². The van der Waals surface area contributed by atoms with Crippen molar-refractivity contribution in [2.75, 3.05) is 7.11 Å². The fourth-order valence-electron chi connectivity index (χ4n) is 1.74. The fourth-order valence-corrected chi connectivity index (χ4v) is 1.74. The summed E-state index contributed by atoms with van der Waals surface area (Å²) < 4.78 is 9.46. The molecule has 2 amide bonds. The van der Waals surface area contributed by atoms with E-state index in [4.69, 9.17) is 4.74 Å². The zero-order valence-electron chi connectivity index (χ0n) is 10.8. The second-order valence-corrected chi connectivity index (χ2v) is 4.19. The smallest absolute Gasteiger partial charge is 0.408 e. The molecular formula is C13H14N2O5. The number of nitrogens with one attached hydrogen (secondary N) is 2. The molecule has 0 unspecified atom stereocenters. The van der Waals surface area contributed by atoms with Crippen molar-refractivity contribution in [1.82, 2.24) is 10.6 Å². The average Bonchev–Trinajstić information content (AvgIpc) is 2.48. The molecule has 1 aromatic rings. The van der Waals surface area contributed by atoms with Gasteiger partial charge < -0.3 is 20.1 Å². The zero-order chi connectivity index (χ0) is 14.5. The van der Waals surface area contributed by atoms with Gasteiger partial charge in [0.05, 0.1) is 7.11 Å². The van der Waals surface area contributed by atoms with Gasteiger partial charge in [0.25, 0.3) is 0 Å². The molecular weight excluding hydrogens is 264 g/mol. The maximum absolute atomic E-state index is 11.6. The summed E-state index contributed by atoms with van der Waals surface area (Å²) in [5, 5.41) is 4.67. The molecule has 2 atom stereocenters. The number of carbonyl (C=O) groups excluding carboxylic acids is 3. The van der Waals surface area contributed by atoms with Crippen molar-refractivity contribution in [2.24, 2.45) is 0 Å². The number of methoxy groups -OCH3 is 1. The lowest BCUT2D eigenvalue weighted by atomic mass is 9.99. The van der Waals surface area contributed by atoms with Gasteiger partial charge in [0.1, 0.15) is 12.6 Å². The van der Waals surface area contributed by atoms with E-state index in [1.807, 2.05) is 18.2 Å². The molecule has 7 heteroatoms. The van der Waals surface area contributed by atoms with Gasteiger partial charge in [-0.1, -0.05) is 30.3 Å². The van der Waals surface area contributed by atoms with Crippen molar-refractivity contribution in [3.8, 4) is 0 Å². The maximum Gasteiger partial charge on any atom is 0.408 e. The Morgan fingerprint density at radius 2 is 2.00 bits per heavy atom. The third-order valence-corrected chi connectivity index (χ3v) is 2.85. The molecule has 20 heavy (non-hydrogen) atoms. The molecule has 2 N–H and O–H groups in total. The summed E-state index contributed by atoms with van der Waals surface area (Å²) >= 11 is 0. The topological polar surface area (TPSA) is 93.7 Å². The van der Waals surface area contributed by atoms with Gasteiger partial charge in [0.15, 0.2) is 6.04 Å². The number of β-lactam (4-membered cyclic amide) rings is 1. The van der Waals surface area contributed by atoms with Crippen molar-refractivity contribution in [3.05, 3.63) is 35.9 Å². The third-order valence-electron chi connectivity index (χ3n) is 2.85. The summed E-state index contributed by atoms with van der Waals surface area (Å²) in [5.41, 5.74) is 0.824. The molecule has 1 aromatic carbocycles. The number of hydrogen-bond donors (Lipinski definition) is 2. The number of rotatable bonds is 4. The van der Waals surface area contributed by atoms with E-state index in [0.29, 0.717) is 0 Å². The van der Waals surface area contributed by atoms with E-state index in [1.54, 1.807) is 12.1 Å². The summed E-state index contributed by atoms with van der Waals surface area (Å²) in [6.07, 6.45) is -0.761. The Hall–Kier alpha value is -2.57. The molecule has 0 radical (unpaired) electrons. The van der Waals surface area contributed by atoms with Crippen LogP contribution in [0.15, 0.2) is 30.3 Å². The Bertz CT molecular complexity index is 517. The molecule has 0 aliphatic carbocycles. The number of esters is 1. The molecule has 0 saturated carbocycles. The molecule has 0 aromatic heterocycles. The highest BCUT2D eigenvalue weighted by atomic mass is 16.5. The first-order valence-electron chi connectivity index (χ1n) is 5.97. The van der Waals surface area contributed by atoms with Gasteiger partial charge in [0.2, 0.25) is 5.91 Å². The Balaban J connectivity index is 1.82. The minimum Gasteiger partial charge on any atom is -0.467 e. The van der Waals surface area contributed by atoms with Crippen LogP contribution in [0.25, 0.3) is 0 Å². The first-order valence-corrected chi connectivity index (χ1v) is 5.97. The van der Waals surface area contributed by atoms with Gasteiger partial charge in [-0.2, -0.15) is 0 Å². The van der Waals surface area contributed by atoms with Gasteiger partial charge in [0, 0.05) is 0 Å². The first-order chi connectivity index (χ1) is 9.61. The lowest BCUT2D eigenvalue weighted by Crippen LogP contribution is -2.72. The van der Waals surface area contributed by atoms with Crippen LogP contribution in [0, 0.1) is 0 Å². The van der Waals surface area contributed by atoms with Gasteiger partial charge >= 0.3 is 12.1 Å². The van der Waals surface area contributed by atoms with Gasteiger partial charge in [-0.05, 0) is 5.56 Å². The lowest BCUT2D eigenvalue weighted by molar-refractivity contribution is -0.152. The van der Waals surface area contributed by atoms with Crippen LogP contribution < -0.4 is 10.6 Å². The highest BCUT2D eigenvalue weighted by Gasteiger charge is 2.46. The van der Waals surface area contributed by atoms with E-state index >= 15 is 0 Å². The van der Waals surface area contributed by atoms with Crippen molar-refractivity contribution < 1.29 is 23.9 Å². The molecule has 0 spiro atoms. The molecule has 106 valence electrons. The van der Waals surface area contributed by atoms with Crippen LogP contribution in [-0.4, -0.2) is 37.2 Å². The molecule has 1 saturated heterocycles. The summed E-state index contributed by atoms with van der Waals surface area (Å²) in [6.45, 7) is 0.0872. The Morgan fingerprint density at radius 3 is 2.60 bits per heavy atom. The van der Waals surface area contributed by atoms with Gasteiger partial charge in [-0.25, -0.2) is 9.59 Å². The Morgan fingerprint density at radius 1 is 1.30 bits per heavy atom. The second kappa shape index (κ2) is 6.05. The molecule has 7 nitrogen and oxygen atoms in total.